The molecule has 0 aromatic heterocycles. The van der Waals surface area contributed by atoms with E-state index in [1.165, 1.54) is 44.6 Å². The molecule has 0 bridgehead atoms. The predicted octanol–water partition coefficient (Wildman–Crippen LogP) is 4.64. The number of nitrogens with one attached hydrogen (secondary N) is 1. The summed E-state index contributed by atoms with van der Waals surface area (Å²) in [7, 11) is -1.42. The number of sulfonamides is 1. The minimum atomic E-state index is -4.24. The van der Waals surface area contributed by atoms with Crippen LogP contribution in [0.25, 0.3) is 0 Å². The number of ether oxygens (including phenoxy) is 2. The van der Waals surface area contributed by atoms with E-state index in [-0.39, 0.29) is 16.3 Å². The zero-order valence-electron chi connectivity index (χ0n) is 18.1. The molecule has 10 heteroatoms. The Kier molecular flexibility index (Phi) is 7.45. The minimum absolute atomic E-state index is 0.120. The Balaban J connectivity index is 1.99. The Morgan fingerprint density at radius 2 is 1.67 bits per heavy atom. The van der Waals surface area contributed by atoms with Gasteiger partial charge in [-0.3, -0.25) is 9.10 Å². The lowest BCUT2D eigenvalue weighted by Gasteiger charge is -2.24. The number of rotatable bonds is 8. The largest absolute Gasteiger partial charge is 0.493 e. The molecule has 0 aliphatic rings. The second kappa shape index (κ2) is 10.1. The summed E-state index contributed by atoms with van der Waals surface area (Å²) < 4.78 is 51.8. The summed E-state index contributed by atoms with van der Waals surface area (Å²) in [5.41, 5.74) is 1.33. The van der Waals surface area contributed by atoms with E-state index in [1.807, 2.05) is 0 Å². The summed E-state index contributed by atoms with van der Waals surface area (Å²) in [5, 5.41) is 3.20. The van der Waals surface area contributed by atoms with Crippen LogP contribution in [0, 0.1) is 12.7 Å². The minimum Gasteiger partial charge on any atom is -0.493 e. The number of carbonyl (C=O) groups is 1. The van der Waals surface area contributed by atoms with Crippen molar-refractivity contribution in [2.75, 3.05) is 30.4 Å². The van der Waals surface area contributed by atoms with Gasteiger partial charge in [-0.1, -0.05) is 11.6 Å². The Morgan fingerprint density at radius 1 is 1.00 bits per heavy atom. The molecule has 0 saturated heterocycles. The number of hydrogen-bond acceptors (Lipinski definition) is 5. The van der Waals surface area contributed by atoms with E-state index >= 15 is 0 Å². The summed E-state index contributed by atoms with van der Waals surface area (Å²) in [6.45, 7) is 1.21. The molecule has 0 fully saturated rings. The van der Waals surface area contributed by atoms with Crippen molar-refractivity contribution in [3.8, 4) is 11.5 Å². The van der Waals surface area contributed by atoms with Crippen molar-refractivity contribution in [3.05, 3.63) is 77.1 Å². The van der Waals surface area contributed by atoms with Crippen molar-refractivity contribution in [3.63, 3.8) is 0 Å². The summed E-state index contributed by atoms with van der Waals surface area (Å²) in [6, 6.07) is 13.8. The van der Waals surface area contributed by atoms with Crippen molar-refractivity contribution in [2.24, 2.45) is 0 Å². The number of benzene rings is 3. The zero-order valence-corrected chi connectivity index (χ0v) is 19.7. The van der Waals surface area contributed by atoms with Gasteiger partial charge in [0, 0.05) is 16.8 Å². The van der Waals surface area contributed by atoms with Crippen LogP contribution >= 0.6 is 11.6 Å². The van der Waals surface area contributed by atoms with Crippen LogP contribution in [0.1, 0.15) is 5.56 Å². The van der Waals surface area contributed by atoms with Crippen LogP contribution in [0.4, 0.5) is 15.8 Å². The van der Waals surface area contributed by atoms with Crippen LogP contribution in [-0.2, 0) is 14.8 Å². The van der Waals surface area contributed by atoms with Crippen LogP contribution in [0.2, 0.25) is 5.02 Å². The van der Waals surface area contributed by atoms with Gasteiger partial charge in [-0.05, 0) is 67.1 Å². The monoisotopic (exact) mass is 492 g/mol. The van der Waals surface area contributed by atoms with E-state index in [0.717, 1.165) is 16.4 Å². The molecule has 0 aliphatic carbocycles. The molecular weight excluding hydrogens is 471 g/mol. The first-order chi connectivity index (χ1) is 15.6. The highest BCUT2D eigenvalue weighted by molar-refractivity contribution is 7.92. The lowest BCUT2D eigenvalue weighted by Crippen LogP contribution is -2.38. The van der Waals surface area contributed by atoms with Crippen LogP contribution in [-0.4, -0.2) is 35.1 Å². The van der Waals surface area contributed by atoms with Gasteiger partial charge in [0.2, 0.25) is 5.91 Å². The second-order valence-corrected chi connectivity index (χ2v) is 9.31. The Bertz CT molecular complexity index is 1270. The van der Waals surface area contributed by atoms with Gasteiger partial charge in [0.1, 0.15) is 12.4 Å². The van der Waals surface area contributed by atoms with Gasteiger partial charge in [-0.25, -0.2) is 12.8 Å². The molecule has 0 unspecified atom stereocenters. The maximum Gasteiger partial charge on any atom is 0.264 e. The van der Waals surface area contributed by atoms with Crippen LogP contribution in [0.5, 0.6) is 11.5 Å². The van der Waals surface area contributed by atoms with Crippen LogP contribution in [0.3, 0.4) is 0 Å². The fourth-order valence-corrected chi connectivity index (χ4v) is 4.78. The van der Waals surface area contributed by atoms with Gasteiger partial charge in [0.05, 0.1) is 24.8 Å². The highest BCUT2D eigenvalue weighted by Gasteiger charge is 2.28. The maximum absolute atomic E-state index is 13.5. The first-order valence-electron chi connectivity index (χ1n) is 9.72. The normalized spacial score (nSPS) is 11.1. The molecule has 0 spiro atoms. The Morgan fingerprint density at radius 3 is 2.27 bits per heavy atom. The number of hydrogen-bond donors (Lipinski definition) is 1. The summed E-state index contributed by atoms with van der Waals surface area (Å²) in [4.78, 5) is 12.7. The van der Waals surface area contributed by atoms with Crippen molar-refractivity contribution in [1.82, 2.24) is 0 Å². The highest BCUT2D eigenvalue weighted by Crippen LogP contribution is 2.32. The number of methoxy groups -OCH3 is 2. The van der Waals surface area contributed by atoms with Crippen molar-refractivity contribution >= 4 is 38.9 Å². The molecule has 0 heterocycles. The third kappa shape index (κ3) is 5.55. The molecule has 0 aliphatic heterocycles. The van der Waals surface area contributed by atoms with E-state index in [9.17, 15) is 17.6 Å². The summed E-state index contributed by atoms with van der Waals surface area (Å²) >= 11 is 5.95. The quantitative estimate of drug-likeness (QED) is 0.495. The second-order valence-electron chi connectivity index (χ2n) is 7.01. The maximum atomic E-state index is 13.5. The van der Waals surface area contributed by atoms with Gasteiger partial charge in [0.15, 0.2) is 11.5 Å². The average Bonchev–Trinajstić information content (AvgIpc) is 2.79. The lowest BCUT2D eigenvalue weighted by atomic mass is 10.2. The molecule has 3 aromatic rings. The number of anilines is 2. The summed E-state index contributed by atoms with van der Waals surface area (Å²) in [6.07, 6.45) is 0. The van der Waals surface area contributed by atoms with E-state index in [4.69, 9.17) is 21.1 Å². The van der Waals surface area contributed by atoms with Gasteiger partial charge in [0.25, 0.3) is 10.0 Å². The number of halogens is 2. The third-order valence-electron chi connectivity index (χ3n) is 4.81. The molecule has 174 valence electrons. The van der Waals surface area contributed by atoms with Gasteiger partial charge in [-0.2, -0.15) is 0 Å². The molecular formula is C23H22ClFN2O5S. The fourth-order valence-electron chi connectivity index (χ4n) is 3.11. The van der Waals surface area contributed by atoms with Crippen molar-refractivity contribution in [2.45, 2.75) is 11.8 Å². The van der Waals surface area contributed by atoms with Crippen LogP contribution < -0.4 is 19.1 Å². The van der Waals surface area contributed by atoms with Gasteiger partial charge in [-0.15, -0.1) is 0 Å². The molecule has 0 radical (unpaired) electrons. The molecule has 3 rings (SSSR count). The SMILES string of the molecule is COc1ccc(S(=O)(=O)N(CC(=O)Nc2ccc(Cl)cc2C)c2ccc(F)cc2)cc1OC. The number of nitrogens with zero attached hydrogens (tertiary/aromatic N) is 1. The van der Waals surface area contributed by atoms with Gasteiger partial charge < -0.3 is 14.8 Å². The highest BCUT2D eigenvalue weighted by atomic mass is 35.5. The van der Waals surface area contributed by atoms with E-state index in [0.29, 0.717) is 22.0 Å². The fraction of sp³-hybridized carbons (Fsp3) is 0.174. The molecule has 1 amide bonds. The number of amides is 1. The zero-order chi connectivity index (χ0) is 24.2. The molecule has 33 heavy (non-hydrogen) atoms. The predicted molar refractivity (Wildman–Crippen MR) is 125 cm³/mol. The van der Waals surface area contributed by atoms with E-state index in [1.54, 1.807) is 25.1 Å². The third-order valence-corrected chi connectivity index (χ3v) is 6.81. The molecule has 0 saturated carbocycles. The molecule has 7 nitrogen and oxygen atoms in total. The van der Waals surface area contributed by atoms with Crippen LogP contribution in [0.15, 0.2) is 65.6 Å². The Hall–Kier alpha value is -3.30. The van der Waals surface area contributed by atoms with Crippen molar-refractivity contribution < 1.29 is 27.1 Å². The van der Waals surface area contributed by atoms with E-state index < -0.39 is 28.3 Å². The van der Waals surface area contributed by atoms with Crippen molar-refractivity contribution in [1.29, 1.82) is 0 Å². The lowest BCUT2D eigenvalue weighted by molar-refractivity contribution is -0.114. The van der Waals surface area contributed by atoms with E-state index in [2.05, 4.69) is 5.32 Å². The smallest absolute Gasteiger partial charge is 0.264 e. The average molecular weight is 493 g/mol. The van der Waals surface area contributed by atoms with Gasteiger partial charge >= 0.3 is 0 Å². The number of aryl methyl sites for hydroxylation is 1. The first-order valence-corrected chi connectivity index (χ1v) is 11.5. The number of carbonyl (C=O) groups excluding carboxylic acids is 1. The molecule has 3 aromatic carbocycles. The topological polar surface area (TPSA) is 84.9 Å². The molecule has 0 atom stereocenters. The first kappa shape index (κ1) is 24.3. The summed E-state index contributed by atoms with van der Waals surface area (Å²) in [5.74, 6) is -0.572. The molecule has 1 N–H and O–H groups in total. The standard InChI is InChI=1S/C23H22ClFN2O5S/c1-15-12-16(24)4-10-20(15)26-23(28)14-27(18-7-5-17(25)6-8-18)33(29,30)19-9-11-21(31-2)22(13-19)32-3/h4-13H,14H2,1-3H3,(H,26,28). The Labute approximate surface area is 196 Å².